The zero-order valence-electron chi connectivity index (χ0n) is 5.99. The van der Waals surface area contributed by atoms with Crippen molar-refractivity contribution in [1.29, 1.82) is 0 Å². The summed E-state index contributed by atoms with van der Waals surface area (Å²) >= 11 is 3.51. The first-order chi connectivity index (χ1) is 5.09. The molecule has 0 radical (unpaired) electrons. The number of aliphatic carboxylic acids is 1. The van der Waals surface area contributed by atoms with Crippen LogP contribution in [0.4, 0.5) is 0 Å². The molecule has 0 aliphatic heterocycles. The van der Waals surface area contributed by atoms with Crippen LogP contribution in [0.25, 0.3) is 0 Å². The van der Waals surface area contributed by atoms with Gasteiger partial charge in [-0.15, -0.1) is 0 Å². The van der Waals surface area contributed by atoms with Crippen LogP contribution in [0.3, 0.4) is 0 Å². The fourth-order valence-electron chi connectivity index (χ4n) is 0.501. The molecule has 5 heteroatoms. The van der Waals surface area contributed by atoms with E-state index in [0.29, 0.717) is 23.8 Å². The SMILES string of the molecule is NCCC[C](=[Fe+])[C-](N)C(=O)O. The Morgan fingerprint density at radius 3 is 2.55 bits per heavy atom. The molecule has 4 nitrogen and oxygen atoms in total. The van der Waals surface area contributed by atoms with Crippen molar-refractivity contribution in [3.8, 4) is 0 Å². The second-order valence-electron chi connectivity index (χ2n) is 2.00. The van der Waals surface area contributed by atoms with Gasteiger partial charge >= 0.3 is 72.8 Å². The Hall–Kier alpha value is -0.351. The fraction of sp³-hybridized carbons (Fsp3) is 0.500. The molecule has 0 saturated heterocycles. The van der Waals surface area contributed by atoms with Gasteiger partial charge in [0, 0.05) is 0 Å². The molecule has 0 atom stereocenters. The Morgan fingerprint density at radius 1 is 1.64 bits per heavy atom. The Balaban J connectivity index is 3.74. The summed E-state index contributed by atoms with van der Waals surface area (Å²) in [6, 6.07) is -0.168. The molecule has 0 spiro atoms. The van der Waals surface area contributed by atoms with Crippen LogP contribution in [-0.2, 0) is 20.4 Å². The molecule has 0 bridgehead atoms. The Kier molecular flexibility index (Phi) is 5.15. The standard InChI is InChI=1S/C6H11N2O2.Fe/c7-4-2-1-3-5(8)6(9)10;/h1-2,4,7-8H2,(H,9,10);/q-1;+1. The molecule has 0 unspecified atom stereocenters. The van der Waals surface area contributed by atoms with Crippen LogP contribution in [0, 0.1) is 6.04 Å². The summed E-state index contributed by atoms with van der Waals surface area (Å²) in [4.78, 5) is 10.2. The maximum atomic E-state index is 10.2. The topological polar surface area (TPSA) is 89.3 Å². The summed E-state index contributed by atoms with van der Waals surface area (Å²) in [6.45, 7) is 0.520. The van der Waals surface area contributed by atoms with Gasteiger partial charge in [0.15, 0.2) is 0 Å². The molecule has 0 heterocycles. The van der Waals surface area contributed by atoms with Gasteiger partial charge in [0.05, 0.1) is 0 Å². The van der Waals surface area contributed by atoms with Gasteiger partial charge in [0.1, 0.15) is 0 Å². The van der Waals surface area contributed by atoms with E-state index in [-0.39, 0.29) is 6.04 Å². The van der Waals surface area contributed by atoms with Gasteiger partial charge in [0.25, 0.3) is 0 Å². The molecule has 0 aromatic rings. The first-order valence-electron chi connectivity index (χ1n) is 3.15. The van der Waals surface area contributed by atoms with Crippen molar-refractivity contribution in [2.75, 3.05) is 6.54 Å². The third kappa shape index (κ3) is 4.16. The second-order valence-corrected chi connectivity index (χ2v) is 2.67. The number of carboxylic acids is 1. The third-order valence-electron chi connectivity index (χ3n) is 1.11. The molecular formula is C6H11FeN2O2. The average molecular weight is 199 g/mol. The first kappa shape index (κ1) is 10.6. The van der Waals surface area contributed by atoms with Gasteiger partial charge in [-0.2, -0.15) is 0 Å². The summed E-state index contributed by atoms with van der Waals surface area (Å²) < 4.78 is 0.447. The van der Waals surface area contributed by atoms with Crippen molar-refractivity contribution in [2.24, 2.45) is 11.5 Å². The summed E-state index contributed by atoms with van der Waals surface area (Å²) in [5, 5.41) is 8.40. The van der Waals surface area contributed by atoms with Gasteiger partial charge in [-0.25, -0.2) is 0 Å². The minimum atomic E-state index is -1.12. The van der Waals surface area contributed by atoms with Gasteiger partial charge < -0.3 is 0 Å². The Bertz CT molecular complexity index is 161. The van der Waals surface area contributed by atoms with E-state index in [0.717, 1.165) is 0 Å². The number of nitrogens with two attached hydrogens (primary N) is 2. The fourth-order valence-corrected chi connectivity index (χ4v) is 0.814. The summed E-state index contributed by atoms with van der Waals surface area (Å²) in [6.07, 6.45) is 1.27. The van der Waals surface area contributed by atoms with Crippen LogP contribution in [0.2, 0.25) is 0 Å². The van der Waals surface area contributed by atoms with Crippen LogP contribution in [0.15, 0.2) is 0 Å². The zero-order valence-corrected chi connectivity index (χ0v) is 7.09. The second kappa shape index (κ2) is 5.32. The average Bonchev–Trinajstić information content (AvgIpc) is 1.98. The van der Waals surface area contributed by atoms with Gasteiger partial charge in [-0.1, -0.05) is 0 Å². The number of rotatable bonds is 5. The summed E-state index contributed by atoms with van der Waals surface area (Å²) in [5.74, 6) is -1.12. The van der Waals surface area contributed by atoms with Crippen molar-refractivity contribution in [1.82, 2.24) is 0 Å². The van der Waals surface area contributed by atoms with E-state index in [2.05, 4.69) is 15.6 Å². The summed E-state index contributed by atoms with van der Waals surface area (Å²) in [5.41, 5.74) is 10.4. The predicted octanol–water partition coefficient (Wildman–Crippen LogP) is -0.980. The molecule has 0 fully saturated rings. The van der Waals surface area contributed by atoms with Crippen LogP contribution < -0.4 is 11.5 Å². The normalized spacial score (nSPS) is 9.27. The van der Waals surface area contributed by atoms with Gasteiger partial charge in [0.2, 0.25) is 0 Å². The van der Waals surface area contributed by atoms with Crippen molar-refractivity contribution in [3.63, 3.8) is 0 Å². The quantitative estimate of drug-likeness (QED) is 0.392. The molecule has 0 aliphatic rings. The van der Waals surface area contributed by atoms with E-state index in [1.54, 1.807) is 0 Å². The molecule has 0 aromatic heterocycles. The summed E-state index contributed by atoms with van der Waals surface area (Å²) in [7, 11) is 0. The van der Waals surface area contributed by atoms with Crippen LogP contribution in [0.1, 0.15) is 12.8 Å². The van der Waals surface area contributed by atoms with Crippen LogP contribution in [-0.4, -0.2) is 22.0 Å². The van der Waals surface area contributed by atoms with Crippen LogP contribution >= 0.6 is 0 Å². The molecule has 65 valence electrons. The molecule has 0 saturated carbocycles. The van der Waals surface area contributed by atoms with Crippen molar-refractivity contribution in [2.45, 2.75) is 12.8 Å². The number of carboxylic acid groups (broad SMARTS) is 1. The number of carbonyl (C=O) groups is 1. The molecular weight excluding hydrogens is 188 g/mol. The molecule has 0 rings (SSSR count). The molecule has 5 N–H and O–H groups in total. The monoisotopic (exact) mass is 199 g/mol. The molecule has 0 amide bonds. The van der Waals surface area contributed by atoms with Gasteiger partial charge in [-0.05, 0) is 0 Å². The van der Waals surface area contributed by atoms with Crippen LogP contribution in [0.5, 0.6) is 0 Å². The maximum absolute atomic E-state index is 10.2. The molecule has 0 aliphatic carbocycles. The minimum absolute atomic E-state index is 0.168. The third-order valence-corrected chi connectivity index (χ3v) is 1.68. The van der Waals surface area contributed by atoms with Gasteiger partial charge in [-0.3, -0.25) is 0 Å². The molecule has 0 aromatic carbocycles. The zero-order chi connectivity index (χ0) is 8.85. The van der Waals surface area contributed by atoms with E-state index >= 15 is 0 Å². The van der Waals surface area contributed by atoms with E-state index < -0.39 is 5.97 Å². The number of hydrogen-bond donors (Lipinski definition) is 3. The van der Waals surface area contributed by atoms with Crippen molar-refractivity contribution < 1.29 is 25.5 Å². The Morgan fingerprint density at radius 2 is 2.18 bits per heavy atom. The molecule has 11 heavy (non-hydrogen) atoms. The van der Waals surface area contributed by atoms with E-state index in [1.807, 2.05) is 0 Å². The number of hydrogen-bond acceptors (Lipinski definition) is 3. The van der Waals surface area contributed by atoms with Crippen molar-refractivity contribution >= 4 is 10.4 Å². The predicted molar refractivity (Wildman–Crippen MR) is 38.4 cm³/mol. The van der Waals surface area contributed by atoms with E-state index in [4.69, 9.17) is 16.6 Å². The first-order valence-corrected chi connectivity index (χ1v) is 3.71. The Labute approximate surface area is 73.3 Å². The van der Waals surface area contributed by atoms with E-state index in [9.17, 15) is 4.79 Å². The van der Waals surface area contributed by atoms with Crippen molar-refractivity contribution in [3.05, 3.63) is 6.04 Å². The van der Waals surface area contributed by atoms with E-state index in [1.165, 1.54) is 0 Å².